The van der Waals surface area contributed by atoms with E-state index in [4.69, 9.17) is 28.9 Å². The van der Waals surface area contributed by atoms with Crippen LogP contribution >= 0.6 is 23.2 Å². The predicted molar refractivity (Wildman–Crippen MR) is 102 cm³/mol. The quantitative estimate of drug-likeness (QED) is 0.363. The Labute approximate surface area is 168 Å². The van der Waals surface area contributed by atoms with Crippen molar-refractivity contribution in [2.24, 2.45) is 10.7 Å². The number of guanidine groups is 1. The van der Waals surface area contributed by atoms with Crippen molar-refractivity contribution < 1.29 is 22.7 Å². The second kappa shape index (κ2) is 9.52. The largest absolute Gasteiger partial charge is 0.573 e. The van der Waals surface area contributed by atoms with E-state index in [1.165, 1.54) is 36.4 Å². The molecule has 0 radical (unpaired) electrons. The first-order valence-corrected chi connectivity index (χ1v) is 8.56. The van der Waals surface area contributed by atoms with Gasteiger partial charge in [-0.15, -0.1) is 13.2 Å². The Bertz CT molecular complexity index is 876. The normalized spacial score (nSPS) is 11.8. The molecule has 150 valence electrons. The van der Waals surface area contributed by atoms with E-state index in [-0.39, 0.29) is 35.7 Å². The third-order valence-corrected chi connectivity index (χ3v) is 3.98. The molecule has 0 saturated carbocycles. The molecule has 0 aliphatic carbocycles. The second-order valence-corrected chi connectivity index (χ2v) is 6.14. The van der Waals surface area contributed by atoms with E-state index in [2.05, 4.69) is 20.4 Å². The highest BCUT2D eigenvalue weighted by Crippen LogP contribution is 2.29. The lowest BCUT2D eigenvalue weighted by Gasteiger charge is -2.14. The number of aliphatic imine (C=N–C) groups is 1. The van der Waals surface area contributed by atoms with Gasteiger partial charge in [0.15, 0.2) is 11.7 Å². The van der Waals surface area contributed by atoms with E-state index in [0.717, 1.165) is 6.07 Å². The van der Waals surface area contributed by atoms with Crippen molar-refractivity contribution >= 4 is 40.8 Å². The van der Waals surface area contributed by atoms with E-state index in [1.807, 2.05) is 0 Å². The number of halogens is 5. The summed E-state index contributed by atoms with van der Waals surface area (Å²) in [4.78, 5) is 15.9. The summed E-state index contributed by atoms with van der Waals surface area (Å²) >= 11 is 11.6. The summed E-state index contributed by atoms with van der Waals surface area (Å²) in [6.07, 6.45) is -4.83. The fourth-order valence-corrected chi connectivity index (χ4v) is 2.34. The Balaban J connectivity index is 1.88. The number of alkyl halides is 3. The van der Waals surface area contributed by atoms with Crippen molar-refractivity contribution in [1.29, 1.82) is 0 Å². The molecule has 0 aliphatic rings. The number of nitrogens with one attached hydrogen (secondary N) is 2. The van der Waals surface area contributed by atoms with Crippen LogP contribution in [-0.2, 0) is 0 Å². The van der Waals surface area contributed by atoms with Gasteiger partial charge in [-0.25, -0.2) is 0 Å². The SMILES string of the molecule is NC(=NCCNC(=O)c1ccc(Cl)c(Cl)c1)Nc1ccccc1OC(F)(F)F. The van der Waals surface area contributed by atoms with Crippen LogP contribution in [0.2, 0.25) is 10.0 Å². The number of para-hydroxylation sites is 2. The van der Waals surface area contributed by atoms with Gasteiger partial charge in [0.1, 0.15) is 0 Å². The van der Waals surface area contributed by atoms with Crippen molar-refractivity contribution in [2.75, 3.05) is 18.4 Å². The highest BCUT2D eigenvalue weighted by Gasteiger charge is 2.32. The number of nitrogens with two attached hydrogens (primary N) is 1. The zero-order valence-electron chi connectivity index (χ0n) is 14.2. The first-order valence-electron chi connectivity index (χ1n) is 7.80. The van der Waals surface area contributed by atoms with E-state index in [9.17, 15) is 18.0 Å². The first kappa shape index (κ1) is 21.6. The highest BCUT2D eigenvalue weighted by atomic mass is 35.5. The minimum atomic E-state index is -4.83. The molecule has 0 aromatic heterocycles. The van der Waals surface area contributed by atoms with Crippen LogP contribution in [0.15, 0.2) is 47.5 Å². The molecule has 0 aliphatic heterocycles. The number of anilines is 1. The average molecular weight is 435 g/mol. The van der Waals surface area contributed by atoms with Gasteiger partial charge < -0.3 is 21.1 Å². The molecular weight excluding hydrogens is 420 g/mol. The molecule has 11 heteroatoms. The summed E-state index contributed by atoms with van der Waals surface area (Å²) in [5, 5.41) is 5.71. The summed E-state index contributed by atoms with van der Waals surface area (Å²) in [5.74, 6) is -0.965. The average Bonchev–Trinajstić information content (AvgIpc) is 2.61. The van der Waals surface area contributed by atoms with Crippen molar-refractivity contribution in [1.82, 2.24) is 5.32 Å². The molecule has 4 N–H and O–H groups in total. The Kier molecular flexibility index (Phi) is 7.36. The lowest BCUT2D eigenvalue weighted by Crippen LogP contribution is -2.28. The smallest absolute Gasteiger partial charge is 0.404 e. The maximum atomic E-state index is 12.4. The van der Waals surface area contributed by atoms with Gasteiger partial charge in [-0.2, -0.15) is 0 Å². The molecule has 0 atom stereocenters. The van der Waals surface area contributed by atoms with Crippen LogP contribution in [0.3, 0.4) is 0 Å². The minimum Gasteiger partial charge on any atom is -0.404 e. The van der Waals surface area contributed by atoms with Crippen LogP contribution in [0.4, 0.5) is 18.9 Å². The monoisotopic (exact) mass is 434 g/mol. The molecule has 0 spiro atoms. The van der Waals surface area contributed by atoms with Crippen LogP contribution in [0.1, 0.15) is 10.4 Å². The number of rotatable bonds is 6. The number of hydrogen-bond donors (Lipinski definition) is 3. The Morgan fingerprint density at radius 1 is 1.14 bits per heavy atom. The number of nitrogens with zero attached hydrogens (tertiary/aromatic N) is 1. The van der Waals surface area contributed by atoms with E-state index in [0.29, 0.717) is 10.6 Å². The third-order valence-electron chi connectivity index (χ3n) is 3.24. The number of carbonyl (C=O) groups excluding carboxylic acids is 1. The van der Waals surface area contributed by atoms with Gasteiger partial charge in [0.25, 0.3) is 5.91 Å². The Hall–Kier alpha value is -2.65. The lowest BCUT2D eigenvalue weighted by molar-refractivity contribution is -0.274. The summed E-state index contributed by atoms with van der Waals surface area (Å²) in [5.41, 5.74) is 5.98. The van der Waals surface area contributed by atoms with Crippen LogP contribution in [-0.4, -0.2) is 31.3 Å². The molecule has 2 rings (SSSR count). The number of hydrogen-bond acceptors (Lipinski definition) is 3. The van der Waals surface area contributed by atoms with Crippen LogP contribution in [0, 0.1) is 0 Å². The molecular formula is C17H15Cl2F3N4O2. The maximum absolute atomic E-state index is 12.4. The van der Waals surface area contributed by atoms with Crippen molar-refractivity contribution in [3.63, 3.8) is 0 Å². The van der Waals surface area contributed by atoms with Crippen molar-refractivity contribution in [2.45, 2.75) is 6.36 Å². The van der Waals surface area contributed by atoms with Crippen LogP contribution in [0.5, 0.6) is 5.75 Å². The maximum Gasteiger partial charge on any atom is 0.573 e. The molecule has 28 heavy (non-hydrogen) atoms. The van der Waals surface area contributed by atoms with E-state index < -0.39 is 12.1 Å². The summed E-state index contributed by atoms with van der Waals surface area (Å²) in [6.45, 7) is 0.232. The zero-order valence-corrected chi connectivity index (χ0v) is 15.7. The van der Waals surface area contributed by atoms with Gasteiger partial charge in [-0.3, -0.25) is 9.79 Å². The van der Waals surface area contributed by atoms with Gasteiger partial charge in [0.05, 0.1) is 22.3 Å². The topological polar surface area (TPSA) is 88.7 Å². The number of benzene rings is 2. The molecule has 0 saturated heterocycles. The van der Waals surface area contributed by atoms with Crippen molar-refractivity contribution in [3.8, 4) is 5.75 Å². The van der Waals surface area contributed by atoms with Gasteiger partial charge in [0.2, 0.25) is 0 Å². The van der Waals surface area contributed by atoms with E-state index >= 15 is 0 Å². The van der Waals surface area contributed by atoms with Gasteiger partial charge in [-0.05, 0) is 30.3 Å². The molecule has 0 unspecified atom stereocenters. The highest BCUT2D eigenvalue weighted by molar-refractivity contribution is 6.42. The molecule has 0 fully saturated rings. The third kappa shape index (κ3) is 6.82. The fourth-order valence-electron chi connectivity index (χ4n) is 2.05. The second-order valence-electron chi connectivity index (χ2n) is 5.32. The standard InChI is InChI=1S/C17H15Cl2F3N4O2/c18-11-6-5-10(9-12(11)19)15(27)24-7-8-25-16(23)26-13-3-1-2-4-14(13)28-17(20,21)22/h1-6,9H,7-8H2,(H,24,27)(H3,23,25,26). The first-order chi connectivity index (χ1) is 13.2. The Morgan fingerprint density at radius 2 is 1.86 bits per heavy atom. The number of carbonyl (C=O) groups is 1. The molecule has 1 amide bonds. The summed E-state index contributed by atoms with van der Waals surface area (Å²) in [6, 6.07) is 9.83. The molecule has 0 bridgehead atoms. The molecule has 2 aromatic carbocycles. The van der Waals surface area contributed by atoms with Gasteiger partial charge in [0, 0.05) is 12.1 Å². The lowest BCUT2D eigenvalue weighted by atomic mass is 10.2. The summed E-state index contributed by atoms with van der Waals surface area (Å²) < 4.78 is 41.1. The van der Waals surface area contributed by atoms with E-state index in [1.54, 1.807) is 0 Å². The molecule has 2 aromatic rings. The summed E-state index contributed by atoms with van der Waals surface area (Å²) in [7, 11) is 0. The van der Waals surface area contributed by atoms with Crippen LogP contribution in [0.25, 0.3) is 0 Å². The molecule has 6 nitrogen and oxygen atoms in total. The van der Waals surface area contributed by atoms with Crippen LogP contribution < -0.4 is 21.1 Å². The van der Waals surface area contributed by atoms with Gasteiger partial charge in [-0.1, -0.05) is 35.3 Å². The number of amides is 1. The predicted octanol–water partition coefficient (Wildman–Crippen LogP) is 4.05. The van der Waals surface area contributed by atoms with Gasteiger partial charge >= 0.3 is 6.36 Å². The number of ether oxygens (including phenoxy) is 1. The van der Waals surface area contributed by atoms with Crippen molar-refractivity contribution in [3.05, 3.63) is 58.1 Å². The Morgan fingerprint density at radius 3 is 2.54 bits per heavy atom. The minimum absolute atomic E-state index is 0.000849. The zero-order chi connectivity index (χ0) is 20.7. The fraction of sp³-hybridized carbons (Fsp3) is 0.176. The molecule has 0 heterocycles.